The number of rotatable bonds is 1. The summed E-state index contributed by atoms with van der Waals surface area (Å²) in [4.78, 5) is 12.2. The van der Waals surface area contributed by atoms with Crippen molar-refractivity contribution in [3.63, 3.8) is 0 Å². The van der Waals surface area contributed by atoms with Gasteiger partial charge in [0.05, 0.1) is 5.92 Å². The second kappa shape index (κ2) is 4.55. The number of anilines is 1. The van der Waals surface area contributed by atoms with Gasteiger partial charge in [-0.25, -0.2) is 0 Å². The molecule has 1 heterocycles. The molecule has 1 aliphatic rings. The number of nitrogens with one attached hydrogen (secondary N) is 1. The van der Waals surface area contributed by atoms with Crippen LogP contribution in [0.4, 0.5) is 5.69 Å². The number of hydrogen-bond donors (Lipinski definition) is 1. The zero-order valence-electron chi connectivity index (χ0n) is 10.2. The van der Waals surface area contributed by atoms with E-state index in [9.17, 15) is 4.79 Å². The zero-order chi connectivity index (χ0) is 13.6. The summed E-state index contributed by atoms with van der Waals surface area (Å²) in [6.45, 7) is 1.93. The third-order valence-corrected chi connectivity index (χ3v) is 4.13. The summed E-state index contributed by atoms with van der Waals surface area (Å²) in [5, 5.41) is 4.11. The monoisotopic (exact) mass is 291 g/mol. The van der Waals surface area contributed by atoms with Crippen LogP contribution in [-0.4, -0.2) is 5.91 Å². The molecule has 0 fully saturated rings. The number of hydrogen-bond acceptors (Lipinski definition) is 1. The lowest BCUT2D eigenvalue weighted by Gasteiger charge is -2.12. The topological polar surface area (TPSA) is 29.1 Å². The van der Waals surface area contributed by atoms with Gasteiger partial charge in [0.15, 0.2) is 0 Å². The summed E-state index contributed by atoms with van der Waals surface area (Å²) < 4.78 is 0. The highest BCUT2D eigenvalue weighted by Crippen LogP contribution is 2.41. The van der Waals surface area contributed by atoms with E-state index in [2.05, 4.69) is 5.32 Å². The molecule has 0 radical (unpaired) electrons. The Morgan fingerprint density at radius 1 is 1.05 bits per heavy atom. The maximum absolute atomic E-state index is 12.2. The van der Waals surface area contributed by atoms with Crippen molar-refractivity contribution in [1.82, 2.24) is 0 Å². The van der Waals surface area contributed by atoms with Gasteiger partial charge in [-0.15, -0.1) is 0 Å². The Balaban J connectivity index is 2.18. The Morgan fingerprint density at radius 2 is 1.79 bits per heavy atom. The van der Waals surface area contributed by atoms with Crippen LogP contribution in [0.5, 0.6) is 0 Å². The van der Waals surface area contributed by atoms with Crippen LogP contribution in [-0.2, 0) is 4.79 Å². The number of carbonyl (C=O) groups is 1. The maximum Gasteiger partial charge on any atom is 0.236 e. The Hall–Kier alpha value is -1.51. The van der Waals surface area contributed by atoms with Gasteiger partial charge in [-0.3, -0.25) is 4.79 Å². The molecule has 0 aliphatic carbocycles. The summed E-state index contributed by atoms with van der Waals surface area (Å²) >= 11 is 12.3. The van der Waals surface area contributed by atoms with Gasteiger partial charge >= 0.3 is 0 Å². The predicted octanol–water partition coefficient (Wildman–Crippen LogP) is 4.39. The normalized spacial score (nSPS) is 17.2. The highest BCUT2D eigenvalue weighted by Gasteiger charge is 2.33. The van der Waals surface area contributed by atoms with E-state index < -0.39 is 0 Å². The molecule has 0 bridgehead atoms. The molecule has 2 aromatic rings. The van der Waals surface area contributed by atoms with Crippen molar-refractivity contribution in [2.75, 3.05) is 5.32 Å². The van der Waals surface area contributed by atoms with Gasteiger partial charge in [-0.1, -0.05) is 47.5 Å². The van der Waals surface area contributed by atoms with Crippen LogP contribution in [0.15, 0.2) is 36.4 Å². The van der Waals surface area contributed by atoms with E-state index in [1.54, 1.807) is 12.1 Å². The van der Waals surface area contributed by atoms with Crippen molar-refractivity contribution in [3.8, 4) is 0 Å². The minimum Gasteiger partial charge on any atom is -0.325 e. The standard InChI is InChI=1S/C15H11Cl2NO/c1-8-6-10-13(7-12(8)17)18-15(19)14(10)9-4-2-3-5-11(9)16/h2-7,14H,1H3,(H,18,19). The van der Waals surface area contributed by atoms with Gasteiger partial charge < -0.3 is 5.32 Å². The van der Waals surface area contributed by atoms with E-state index in [1.807, 2.05) is 31.2 Å². The molecule has 2 nitrogen and oxygen atoms in total. The first-order valence-electron chi connectivity index (χ1n) is 5.93. The SMILES string of the molecule is Cc1cc2c(cc1Cl)NC(=O)C2c1ccccc1Cl. The molecule has 1 unspecified atom stereocenters. The van der Waals surface area contributed by atoms with Crippen LogP contribution < -0.4 is 5.32 Å². The molecule has 0 spiro atoms. The molecule has 2 aromatic carbocycles. The Bertz CT molecular complexity index is 682. The first-order chi connectivity index (χ1) is 9.08. The highest BCUT2D eigenvalue weighted by atomic mass is 35.5. The first kappa shape index (κ1) is 12.5. The zero-order valence-corrected chi connectivity index (χ0v) is 11.7. The second-order valence-electron chi connectivity index (χ2n) is 4.63. The van der Waals surface area contributed by atoms with Crippen molar-refractivity contribution in [2.45, 2.75) is 12.8 Å². The van der Waals surface area contributed by atoms with Crippen LogP contribution in [0, 0.1) is 6.92 Å². The molecule has 0 saturated heterocycles. The minimum absolute atomic E-state index is 0.0650. The molecule has 19 heavy (non-hydrogen) atoms. The number of benzene rings is 2. The lowest BCUT2D eigenvalue weighted by molar-refractivity contribution is -0.116. The second-order valence-corrected chi connectivity index (χ2v) is 5.45. The van der Waals surface area contributed by atoms with Gasteiger partial charge in [0.1, 0.15) is 0 Å². The van der Waals surface area contributed by atoms with E-state index in [1.165, 1.54) is 0 Å². The van der Waals surface area contributed by atoms with Crippen molar-refractivity contribution in [3.05, 3.63) is 63.1 Å². The summed E-state index contributed by atoms with van der Waals surface area (Å²) in [6, 6.07) is 11.2. The average molecular weight is 292 g/mol. The van der Waals surface area contributed by atoms with E-state index in [0.29, 0.717) is 10.0 Å². The number of aryl methyl sites for hydroxylation is 1. The average Bonchev–Trinajstić information content (AvgIpc) is 2.66. The first-order valence-corrected chi connectivity index (χ1v) is 6.69. The Labute approximate surface area is 121 Å². The van der Waals surface area contributed by atoms with Crippen LogP contribution in [0.1, 0.15) is 22.6 Å². The molecule has 0 aromatic heterocycles. The van der Waals surface area contributed by atoms with Crippen molar-refractivity contribution < 1.29 is 4.79 Å². The van der Waals surface area contributed by atoms with Gasteiger partial charge in [0.25, 0.3) is 0 Å². The van der Waals surface area contributed by atoms with Crippen LogP contribution in [0.3, 0.4) is 0 Å². The van der Waals surface area contributed by atoms with Gasteiger partial charge in [0, 0.05) is 15.7 Å². The molecule has 1 amide bonds. The maximum atomic E-state index is 12.2. The molecule has 1 aliphatic heterocycles. The molecule has 1 N–H and O–H groups in total. The van der Waals surface area contributed by atoms with Gasteiger partial charge in [-0.05, 0) is 35.7 Å². The molecule has 0 saturated carbocycles. The van der Waals surface area contributed by atoms with E-state index in [0.717, 1.165) is 22.4 Å². The summed E-state index contributed by atoms with van der Waals surface area (Å²) in [5.41, 5.74) is 3.47. The lowest BCUT2D eigenvalue weighted by Crippen LogP contribution is -2.13. The highest BCUT2D eigenvalue weighted by molar-refractivity contribution is 6.32. The number of halogens is 2. The van der Waals surface area contributed by atoms with Crippen molar-refractivity contribution in [1.29, 1.82) is 0 Å². The Kier molecular flexibility index (Phi) is 3.00. The van der Waals surface area contributed by atoms with Crippen molar-refractivity contribution >= 4 is 34.8 Å². The van der Waals surface area contributed by atoms with Crippen LogP contribution in [0.2, 0.25) is 10.0 Å². The third-order valence-electron chi connectivity index (χ3n) is 3.38. The summed E-state index contributed by atoms with van der Waals surface area (Å²) in [7, 11) is 0. The van der Waals surface area contributed by atoms with Gasteiger partial charge in [-0.2, -0.15) is 0 Å². The fraction of sp³-hybridized carbons (Fsp3) is 0.133. The smallest absolute Gasteiger partial charge is 0.236 e. The Morgan fingerprint density at radius 3 is 2.53 bits per heavy atom. The summed E-state index contributed by atoms with van der Waals surface area (Å²) in [6.07, 6.45) is 0. The molecule has 1 atom stereocenters. The van der Waals surface area contributed by atoms with Crippen LogP contribution in [0.25, 0.3) is 0 Å². The fourth-order valence-electron chi connectivity index (χ4n) is 2.42. The van der Waals surface area contributed by atoms with E-state index in [4.69, 9.17) is 23.2 Å². The number of amides is 1. The molecular formula is C15H11Cl2NO. The van der Waals surface area contributed by atoms with E-state index in [-0.39, 0.29) is 11.8 Å². The number of carbonyl (C=O) groups excluding carboxylic acids is 1. The molecule has 3 rings (SSSR count). The van der Waals surface area contributed by atoms with E-state index >= 15 is 0 Å². The lowest BCUT2D eigenvalue weighted by atomic mass is 9.91. The number of fused-ring (bicyclic) bond motifs is 1. The quantitative estimate of drug-likeness (QED) is 0.830. The van der Waals surface area contributed by atoms with Crippen LogP contribution >= 0.6 is 23.2 Å². The predicted molar refractivity (Wildman–Crippen MR) is 78.1 cm³/mol. The molecule has 4 heteroatoms. The molecule has 96 valence electrons. The van der Waals surface area contributed by atoms with Crippen molar-refractivity contribution in [2.24, 2.45) is 0 Å². The van der Waals surface area contributed by atoms with Gasteiger partial charge in [0.2, 0.25) is 5.91 Å². The largest absolute Gasteiger partial charge is 0.325 e. The fourth-order valence-corrected chi connectivity index (χ4v) is 2.82. The molecular weight excluding hydrogens is 281 g/mol. The third kappa shape index (κ3) is 2.01. The minimum atomic E-state index is -0.361. The summed E-state index contributed by atoms with van der Waals surface area (Å²) in [5.74, 6) is -0.426.